The van der Waals surface area contributed by atoms with Gasteiger partial charge >= 0.3 is 11.8 Å². The van der Waals surface area contributed by atoms with Crippen molar-refractivity contribution in [1.82, 2.24) is 10.2 Å². The fraction of sp³-hybridized carbons (Fsp3) is 0.333. The molecule has 2 aromatic carbocycles. The van der Waals surface area contributed by atoms with Crippen LogP contribution in [0.4, 0.5) is 0 Å². The molecule has 0 unspecified atom stereocenters. The largest absolute Gasteiger partial charge is 0.497 e. The summed E-state index contributed by atoms with van der Waals surface area (Å²) in [6, 6.07) is 11.1. The molecular weight excluding hydrogens is 360 g/mol. The van der Waals surface area contributed by atoms with Crippen molar-refractivity contribution in [3.05, 3.63) is 53.1 Å². The summed E-state index contributed by atoms with van der Waals surface area (Å²) in [6.07, 6.45) is 0.660. The maximum Gasteiger partial charge on any atom is 0.312 e. The lowest BCUT2D eigenvalue weighted by molar-refractivity contribution is -0.146. The van der Waals surface area contributed by atoms with Crippen molar-refractivity contribution in [2.45, 2.75) is 19.5 Å². The Bertz CT molecular complexity index is 864. The molecule has 148 valence electrons. The van der Waals surface area contributed by atoms with E-state index in [4.69, 9.17) is 14.2 Å². The van der Waals surface area contributed by atoms with E-state index in [2.05, 4.69) is 5.32 Å². The average molecular weight is 384 g/mol. The second kappa shape index (κ2) is 8.65. The topological polar surface area (TPSA) is 77.1 Å². The van der Waals surface area contributed by atoms with E-state index in [-0.39, 0.29) is 6.54 Å². The summed E-state index contributed by atoms with van der Waals surface area (Å²) in [6.45, 7) is 1.13. The Balaban J connectivity index is 1.62. The molecule has 3 rings (SSSR count). The van der Waals surface area contributed by atoms with Gasteiger partial charge in [0.15, 0.2) is 11.5 Å². The van der Waals surface area contributed by atoms with Crippen LogP contribution >= 0.6 is 0 Å². The third kappa shape index (κ3) is 4.19. The number of rotatable bonds is 5. The number of carbonyl (C=O) groups excluding carboxylic acids is 2. The van der Waals surface area contributed by atoms with E-state index in [0.717, 1.165) is 22.4 Å². The van der Waals surface area contributed by atoms with E-state index in [0.29, 0.717) is 31.0 Å². The molecule has 0 radical (unpaired) electrons. The Hall–Kier alpha value is -3.22. The molecule has 1 heterocycles. The van der Waals surface area contributed by atoms with Crippen LogP contribution in [0.2, 0.25) is 0 Å². The third-order valence-corrected chi connectivity index (χ3v) is 4.81. The molecule has 0 atom stereocenters. The van der Waals surface area contributed by atoms with Crippen LogP contribution in [-0.2, 0) is 29.1 Å². The quantitative estimate of drug-likeness (QED) is 0.797. The molecule has 0 saturated carbocycles. The van der Waals surface area contributed by atoms with Crippen molar-refractivity contribution in [3.63, 3.8) is 0 Å². The van der Waals surface area contributed by atoms with Crippen LogP contribution in [-0.4, -0.2) is 44.6 Å². The van der Waals surface area contributed by atoms with E-state index >= 15 is 0 Å². The molecule has 0 bridgehead atoms. The van der Waals surface area contributed by atoms with E-state index in [1.54, 1.807) is 26.2 Å². The summed E-state index contributed by atoms with van der Waals surface area (Å²) in [5.41, 5.74) is 2.95. The lowest BCUT2D eigenvalue weighted by atomic mass is 9.98. The standard InChI is InChI=1S/C21H24N2O5/c1-26-17-6-4-14(5-7-17)12-22-20(24)21(25)23-9-8-15-10-18(27-2)19(28-3)11-16(15)13-23/h4-7,10-11H,8-9,12-13H2,1-3H3,(H,22,24). The van der Waals surface area contributed by atoms with Gasteiger partial charge in [-0.2, -0.15) is 0 Å². The molecule has 0 aromatic heterocycles. The number of hydrogen-bond acceptors (Lipinski definition) is 5. The predicted molar refractivity (Wildman–Crippen MR) is 104 cm³/mol. The Morgan fingerprint density at radius 1 is 0.964 bits per heavy atom. The van der Waals surface area contributed by atoms with Crippen LogP contribution in [0.15, 0.2) is 36.4 Å². The van der Waals surface area contributed by atoms with E-state index in [1.165, 1.54) is 0 Å². The van der Waals surface area contributed by atoms with Crippen molar-refractivity contribution >= 4 is 11.8 Å². The summed E-state index contributed by atoms with van der Waals surface area (Å²) in [5.74, 6) is 0.872. The van der Waals surface area contributed by atoms with Crippen LogP contribution < -0.4 is 19.5 Å². The van der Waals surface area contributed by atoms with E-state index < -0.39 is 11.8 Å². The molecule has 1 aliphatic rings. The number of hydrogen-bond donors (Lipinski definition) is 1. The highest BCUT2D eigenvalue weighted by atomic mass is 16.5. The molecule has 2 amide bonds. The lowest BCUT2D eigenvalue weighted by Gasteiger charge is -2.29. The highest BCUT2D eigenvalue weighted by Crippen LogP contribution is 2.33. The van der Waals surface area contributed by atoms with Gasteiger partial charge in [0.25, 0.3) is 0 Å². The molecule has 7 nitrogen and oxygen atoms in total. The van der Waals surface area contributed by atoms with Crippen molar-refractivity contribution in [2.24, 2.45) is 0 Å². The van der Waals surface area contributed by atoms with Gasteiger partial charge in [-0.3, -0.25) is 9.59 Å². The number of fused-ring (bicyclic) bond motifs is 1. The minimum absolute atomic E-state index is 0.282. The minimum atomic E-state index is -0.611. The number of benzene rings is 2. The molecule has 1 aliphatic heterocycles. The summed E-state index contributed by atoms with van der Waals surface area (Å²) < 4.78 is 15.8. The number of nitrogens with zero attached hydrogens (tertiary/aromatic N) is 1. The highest BCUT2D eigenvalue weighted by Gasteiger charge is 2.26. The van der Waals surface area contributed by atoms with Crippen LogP contribution in [0, 0.1) is 0 Å². The Morgan fingerprint density at radius 2 is 1.61 bits per heavy atom. The van der Waals surface area contributed by atoms with Gasteiger partial charge < -0.3 is 24.4 Å². The zero-order chi connectivity index (χ0) is 20.1. The van der Waals surface area contributed by atoms with Crippen LogP contribution in [0.1, 0.15) is 16.7 Å². The number of carbonyl (C=O) groups is 2. The molecular formula is C21H24N2O5. The Kier molecular flexibility index (Phi) is 6.03. The first kappa shape index (κ1) is 19.5. The first-order valence-corrected chi connectivity index (χ1v) is 8.99. The van der Waals surface area contributed by atoms with Crippen LogP contribution in [0.25, 0.3) is 0 Å². The van der Waals surface area contributed by atoms with E-state index in [9.17, 15) is 9.59 Å². The zero-order valence-electron chi connectivity index (χ0n) is 16.3. The first-order chi connectivity index (χ1) is 13.5. The Labute approximate surface area is 164 Å². The van der Waals surface area contributed by atoms with Gasteiger partial charge in [0.2, 0.25) is 0 Å². The highest BCUT2D eigenvalue weighted by molar-refractivity contribution is 6.34. The molecule has 28 heavy (non-hydrogen) atoms. The summed E-state index contributed by atoms with van der Waals surface area (Å²) in [4.78, 5) is 26.4. The average Bonchev–Trinajstić information content (AvgIpc) is 2.75. The van der Waals surface area contributed by atoms with Crippen LogP contribution in [0.3, 0.4) is 0 Å². The summed E-state index contributed by atoms with van der Waals surface area (Å²) in [5, 5.41) is 2.68. The van der Waals surface area contributed by atoms with Crippen molar-refractivity contribution in [2.75, 3.05) is 27.9 Å². The minimum Gasteiger partial charge on any atom is -0.497 e. The van der Waals surface area contributed by atoms with E-state index in [1.807, 2.05) is 36.4 Å². The van der Waals surface area contributed by atoms with Gasteiger partial charge in [-0.25, -0.2) is 0 Å². The molecule has 0 fully saturated rings. The van der Waals surface area contributed by atoms with Gasteiger partial charge in [0.05, 0.1) is 21.3 Å². The SMILES string of the molecule is COc1ccc(CNC(=O)C(=O)N2CCc3cc(OC)c(OC)cc3C2)cc1. The number of ether oxygens (including phenoxy) is 3. The monoisotopic (exact) mass is 384 g/mol. The van der Waals surface area contributed by atoms with Gasteiger partial charge in [0.1, 0.15) is 5.75 Å². The van der Waals surface area contributed by atoms with Crippen molar-refractivity contribution < 1.29 is 23.8 Å². The molecule has 0 saturated heterocycles. The smallest absolute Gasteiger partial charge is 0.312 e. The maximum absolute atomic E-state index is 12.5. The zero-order valence-corrected chi connectivity index (χ0v) is 16.3. The van der Waals surface area contributed by atoms with Gasteiger partial charge in [-0.15, -0.1) is 0 Å². The summed E-state index contributed by atoms with van der Waals surface area (Å²) in [7, 11) is 4.76. The van der Waals surface area contributed by atoms with Crippen molar-refractivity contribution in [1.29, 1.82) is 0 Å². The maximum atomic E-state index is 12.5. The van der Waals surface area contributed by atoms with Crippen LogP contribution in [0.5, 0.6) is 17.2 Å². The Morgan fingerprint density at radius 3 is 2.21 bits per heavy atom. The molecule has 0 spiro atoms. The van der Waals surface area contributed by atoms with Gasteiger partial charge in [-0.1, -0.05) is 12.1 Å². The molecule has 7 heteroatoms. The predicted octanol–water partition coefficient (Wildman–Crippen LogP) is 1.91. The fourth-order valence-corrected chi connectivity index (χ4v) is 3.20. The number of amides is 2. The summed E-state index contributed by atoms with van der Waals surface area (Å²) >= 11 is 0. The van der Waals surface area contributed by atoms with Gasteiger partial charge in [0, 0.05) is 19.6 Å². The normalized spacial score (nSPS) is 12.8. The third-order valence-electron chi connectivity index (χ3n) is 4.81. The molecule has 0 aliphatic carbocycles. The molecule has 2 aromatic rings. The number of nitrogens with one attached hydrogen (secondary N) is 1. The number of methoxy groups -OCH3 is 3. The first-order valence-electron chi connectivity index (χ1n) is 8.99. The second-order valence-electron chi connectivity index (χ2n) is 6.48. The molecule has 1 N–H and O–H groups in total. The fourth-order valence-electron chi connectivity index (χ4n) is 3.20. The van der Waals surface area contributed by atoms with Crippen molar-refractivity contribution in [3.8, 4) is 17.2 Å². The second-order valence-corrected chi connectivity index (χ2v) is 6.48. The lowest BCUT2D eigenvalue weighted by Crippen LogP contribution is -2.44. The van der Waals surface area contributed by atoms with Gasteiger partial charge in [-0.05, 0) is 47.4 Å².